The molecule has 2 fully saturated rings. The second-order valence-corrected chi connectivity index (χ2v) is 8.62. The molecule has 2 aliphatic rings. The topological polar surface area (TPSA) is 69.3 Å². The molecule has 1 aromatic carbocycles. The number of carbonyl (C=O) groups excluding carboxylic acids is 2. The van der Waals surface area contributed by atoms with E-state index in [0.717, 1.165) is 36.6 Å². The van der Waals surface area contributed by atoms with Crippen molar-refractivity contribution in [3.05, 3.63) is 52.3 Å². The minimum Gasteiger partial charge on any atom is -0.342 e. The second-order valence-electron chi connectivity index (χ2n) is 8.62. The van der Waals surface area contributed by atoms with Crippen LogP contribution in [0.25, 0.3) is 0 Å². The fourth-order valence-corrected chi connectivity index (χ4v) is 5.05. The number of aromatic amines is 1. The van der Waals surface area contributed by atoms with Crippen LogP contribution in [0.5, 0.6) is 0 Å². The molecule has 2 amide bonds. The quantitative estimate of drug-likeness (QED) is 0.867. The first-order valence-electron chi connectivity index (χ1n) is 10.5. The maximum Gasteiger partial charge on any atom is 0.222 e. The predicted octanol–water partition coefficient (Wildman–Crippen LogP) is 2.95. The molecule has 3 atom stereocenters. The van der Waals surface area contributed by atoms with Gasteiger partial charge in [0, 0.05) is 56.9 Å². The minimum absolute atomic E-state index is 0.0627. The number of fused-ring (bicyclic) bond motifs is 1. The van der Waals surface area contributed by atoms with Crippen molar-refractivity contribution in [1.82, 2.24) is 20.0 Å². The number of aromatic nitrogens is 2. The van der Waals surface area contributed by atoms with E-state index in [1.807, 2.05) is 35.8 Å². The number of H-pyrrole nitrogens is 1. The Morgan fingerprint density at radius 2 is 1.90 bits per heavy atom. The molecule has 6 heteroatoms. The molecule has 2 saturated heterocycles. The number of hydrogen-bond donors (Lipinski definition) is 1. The van der Waals surface area contributed by atoms with Gasteiger partial charge in [-0.25, -0.2) is 0 Å². The van der Waals surface area contributed by atoms with E-state index in [4.69, 9.17) is 0 Å². The number of likely N-dealkylation sites (tertiary alicyclic amines) is 2. The Morgan fingerprint density at radius 1 is 1.14 bits per heavy atom. The summed E-state index contributed by atoms with van der Waals surface area (Å²) in [5.41, 5.74) is 5.61. The molecule has 0 aliphatic carbocycles. The van der Waals surface area contributed by atoms with Gasteiger partial charge in [0.25, 0.3) is 0 Å². The summed E-state index contributed by atoms with van der Waals surface area (Å²) in [5.74, 6) is 0.965. The highest BCUT2D eigenvalue weighted by Gasteiger charge is 2.49. The van der Waals surface area contributed by atoms with Crippen LogP contribution in [-0.2, 0) is 16.0 Å². The number of nitrogens with zero attached hydrogens (tertiary/aromatic N) is 3. The summed E-state index contributed by atoms with van der Waals surface area (Å²) in [5, 5.41) is 7.32. The number of aryl methyl sites for hydroxylation is 3. The number of rotatable bonds is 4. The smallest absolute Gasteiger partial charge is 0.222 e. The van der Waals surface area contributed by atoms with Crippen LogP contribution in [0, 0.1) is 32.6 Å². The molecule has 0 radical (unpaired) electrons. The van der Waals surface area contributed by atoms with Gasteiger partial charge in [-0.3, -0.25) is 14.7 Å². The highest BCUT2D eigenvalue weighted by Crippen LogP contribution is 2.45. The zero-order valence-corrected chi connectivity index (χ0v) is 17.7. The van der Waals surface area contributed by atoms with Crippen molar-refractivity contribution >= 4 is 11.8 Å². The third kappa shape index (κ3) is 3.56. The molecular formula is C23H30N4O2. The van der Waals surface area contributed by atoms with E-state index < -0.39 is 0 Å². The normalized spacial score (nSPS) is 23.5. The van der Waals surface area contributed by atoms with Crippen LogP contribution >= 0.6 is 0 Å². The van der Waals surface area contributed by atoms with Gasteiger partial charge >= 0.3 is 0 Å². The third-order valence-corrected chi connectivity index (χ3v) is 6.86. The minimum atomic E-state index is 0.0627. The highest BCUT2D eigenvalue weighted by molar-refractivity contribution is 5.77. The summed E-state index contributed by atoms with van der Waals surface area (Å²) < 4.78 is 0. The van der Waals surface area contributed by atoms with Gasteiger partial charge in [0.05, 0.1) is 11.7 Å². The van der Waals surface area contributed by atoms with Crippen LogP contribution < -0.4 is 0 Å². The lowest BCUT2D eigenvalue weighted by atomic mass is 9.87. The lowest BCUT2D eigenvalue weighted by Gasteiger charge is -2.30. The molecule has 0 unspecified atom stereocenters. The van der Waals surface area contributed by atoms with Crippen molar-refractivity contribution in [2.75, 3.05) is 19.6 Å². The molecule has 0 saturated carbocycles. The Labute approximate surface area is 172 Å². The fourth-order valence-electron chi connectivity index (χ4n) is 5.05. The van der Waals surface area contributed by atoms with Gasteiger partial charge in [-0.1, -0.05) is 24.3 Å². The van der Waals surface area contributed by atoms with E-state index in [9.17, 15) is 9.59 Å². The first-order valence-corrected chi connectivity index (χ1v) is 10.5. The average molecular weight is 395 g/mol. The zero-order chi connectivity index (χ0) is 20.7. The highest BCUT2D eigenvalue weighted by atomic mass is 16.2. The number of nitrogens with one attached hydrogen (secondary N) is 1. The van der Waals surface area contributed by atoms with Crippen LogP contribution in [0.4, 0.5) is 0 Å². The number of benzene rings is 1. The Bertz CT molecular complexity index is 935. The van der Waals surface area contributed by atoms with E-state index in [0.29, 0.717) is 24.7 Å². The maximum atomic E-state index is 12.9. The number of amides is 2. The van der Waals surface area contributed by atoms with Crippen LogP contribution in [0.2, 0.25) is 0 Å². The Balaban J connectivity index is 1.47. The molecule has 2 aromatic rings. The molecular weight excluding hydrogens is 364 g/mol. The van der Waals surface area contributed by atoms with Crippen LogP contribution in [0.3, 0.4) is 0 Å². The Morgan fingerprint density at radius 3 is 2.55 bits per heavy atom. The Kier molecular flexibility index (Phi) is 5.19. The number of hydrogen-bond acceptors (Lipinski definition) is 3. The summed E-state index contributed by atoms with van der Waals surface area (Å²) in [4.78, 5) is 29.2. The Hall–Kier alpha value is -2.63. The summed E-state index contributed by atoms with van der Waals surface area (Å²) in [6, 6.07) is 8.37. The van der Waals surface area contributed by atoms with Gasteiger partial charge in [0.15, 0.2) is 0 Å². The van der Waals surface area contributed by atoms with Gasteiger partial charge in [-0.05, 0) is 37.5 Å². The van der Waals surface area contributed by atoms with Gasteiger partial charge in [0.1, 0.15) is 0 Å². The summed E-state index contributed by atoms with van der Waals surface area (Å²) in [6.07, 6.45) is 1.15. The summed E-state index contributed by atoms with van der Waals surface area (Å²) in [7, 11) is 0. The predicted molar refractivity (Wildman–Crippen MR) is 111 cm³/mol. The van der Waals surface area contributed by atoms with Crippen molar-refractivity contribution in [3.63, 3.8) is 0 Å². The van der Waals surface area contributed by atoms with E-state index in [-0.39, 0.29) is 17.9 Å². The summed E-state index contributed by atoms with van der Waals surface area (Å²) in [6.45, 7) is 10.0. The summed E-state index contributed by atoms with van der Waals surface area (Å²) >= 11 is 0. The van der Waals surface area contributed by atoms with Crippen molar-refractivity contribution in [3.8, 4) is 0 Å². The third-order valence-electron chi connectivity index (χ3n) is 6.86. The molecule has 6 nitrogen and oxygen atoms in total. The molecule has 1 N–H and O–H groups in total. The molecule has 0 spiro atoms. The first kappa shape index (κ1) is 19.7. The molecule has 2 aliphatic heterocycles. The van der Waals surface area contributed by atoms with Crippen LogP contribution in [0.1, 0.15) is 47.5 Å². The average Bonchev–Trinajstić information content (AvgIpc) is 3.34. The monoisotopic (exact) mass is 394 g/mol. The molecule has 0 bridgehead atoms. The molecule has 154 valence electrons. The van der Waals surface area contributed by atoms with Crippen molar-refractivity contribution in [1.29, 1.82) is 0 Å². The maximum absolute atomic E-state index is 12.9. The fraction of sp³-hybridized carbons (Fsp3) is 0.522. The van der Waals surface area contributed by atoms with Crippen LogP contribution in [-0.4, -0.2) is 51.4 Å². The molecule has 1 aromatic heterocycles. The SMILES string of the molecule is CC(=O)N1C[C@H]2CN(C(=O)CCc3n[nH]c(C)c3C)C[C@H]2[C@H]1c1ccccc1C. The van der Waals surface area contributed by atoms with Gasteiger partial charge < -0.3 is 9.80 Å². The second kappa shape index (κ2) is 7.65. The van der Waals surface area contributed by atoms with Crippen molar-refractivity contribution in [2.45, 2.75) is 46.6 Å². The van der Waals surface area contributed by atoms with E-state index >= 15 is 0 Å². The van der Waals surface area contributed by atoms with E-state index in [1.54, 1.807) is 6.92 Å². The molecule has 3 heterocycles. The lowest BCUT2D eigenvalue weighted by molar-refractivity contribution is -0.131. The molecule has 29 heavy (non-hydrogen) atoms. The van der Waals surface area contributed by atoms with Gasteiger partial charge in [-0.2, -0.15) is 5.10 Å². The first-order chi connectivity index (χ1) is 13.9. The lowest BCUT2D eigenvalue weighted by Crippen LogP contribution is -2.36. The molecule has 4 rings (SSSR count). The van der Waals surface area contributed by atoms with E-state index in [1.165, 1.54) is 11.1 Å². The van der Waals surface area contributed by atoms with E-state index in [2.05, 4.69) is 29.3 Å². The standard InChI is InChI=1S/C23H30N4O2/c1-14-7-5-6-8-19(14)23-20-13-26(11-18(20)12-27(23)17(4)28)22(29)10-9-21-15(2)16(3)24-25-21/h5-8,18,20,23H,9-13H2,1-4H3,(H,24,25)/t18-,20-,23-/m1/s1. The number of carbonyl (C=O) groups is 2. The van der Waals surface area contributed by atoms with Crippen molar-refractivity contribution < 1.29 is 9.59 Å². The van der Waals surface area contributed by atoms with Gasteiger partial charge in [-0.15, -0.1) is 0 Å². The largest absolute Gasteiger partial charge is 0.342 e. The van der Waals surface area contributed by atoms with Crippen molar-refractivity contribution in [2.24, 2.45) is 11.8 Å². The van der Waals surface area contributed by atoms with Crippen LogP contribution in [0.15, 0.2) is 24.3 Å². The van der Waals surface area contributed by atoms with Gasteiger partial charge in [0.2, 0.25) is 11.8 Å². The zero-order valence-electron chi connectivity index (χ0n) is 17.7.